The third-order valence-corrected chi connectivity index (χ3v) is 7.06. The third kappa shape index (κ3) is 5.94. The SMILES string of the molecule is COC(=O)COc1cc(N2CCN(S(=O)(=O)c3ccc(OC(C)C)cc3)CC2)ccc1[N+](=O)[O-]. The largest absolute Gasteiger partial charge is 0.491 e. The number of esters is 1. The summed E-state index contributed by atoms with van der Waals surface area (Å²) >= 11 is 0. The van der Waals surface area contributed by atoms with Crippen LogP contribution in [0.4, 0.5) is 11.4 Å². The van der Waals surface area contributed by atoms with Crippen LogP contribution < -0.4 is 14.4 Å². The summed E-state index contributed by atoms with van der Waals surface area (Å²) < 4.78 is 42.9. The molecule has 1 aliphatic rings. The van der Waals surface area contributed by atoms with E-state index in [1.807, 2.05) is 18.7 Å². The number of ether oxygens (including phenoxy) is 3. The quantitative estimate of drug-likeness (QED) is 0.294. The molecule has 1 fully saturated rings. The van der Waals surface area contributed by atoms with Gasteiger partial charge in [0, 0.05) is 44.0 Å². The Kier molecular flexibility index (Phi) is 7.94. The number of carbonyl (C=O) groups is 1. The van der Waals surface area contributed by atoms with Gasteiger partial charge in [0.2, 0.25) is 10.0 Å². The van der Waals surface area contributed by atoms with E-state index in [9.17, 15) is 23.3 Å². The number of anilines is 1. The van der Waals surface area contributed by atoms with Crippen molar-refractivity contribution in [3.8, 4) is 11.5 Å². The van der Waals surface area contributed by atoms with E-state index >= 15 is 0 Å². The summed E-state index contributed by atoms with van der Waals surface area (Å²) in [5.41, 5.74) is 0.344. The van der Waals surface area contributed by atoms with E-state index in [0.717, 1.165) is 0 Å². The van der Waals surface area contributed by atoms with E-state index in [0.29, 0.717) is 24.5 Å². The van der Waals surface area contributed by atoms with Gasteiger partial charge in [-0.05, 0) is 44.2 Å². The van der Waals surface area contributed by atoms with Crippen molar-refractivity contribution in [1.82, 2.24) is 4.31 Å². The molecule has 2 aromatic carbocycles. The number of benzene rings is 2. The molecule has 34 heavy (non-hydrogen) atoms. The molecular formula is C22H27N3O8S. The molecule has 11 nitrogen and oxygen atoms in total. The van der Waals surface area contributed by atoms with Crippen LogP contribution in [0.25, 0.3) is 0 Å². The highest BCUT2D eigenvalue weighted by atomic mass is 32.2. The first kappa shape index (κ1) is 25.2. The lowest BCUT2D eigenvalue weighted by atomic mass is 10.2. The first-order chi connectivity index (χ1) is 16.1. The molecule has 184 valence electrons. The lowest BCUT2D eigenvalue weighted by Crippen LogP contribution is -2.48. The van der Waals surface area contributed by atoms with E-state index in [1.54, 1.807) is 18.2 Å². The maximum absolute atomic E-state index is 13.0. The normalized spacial score (nSPS) is 14.6. The summed E-state index contributed by atoms with van der Waals surface area (Å²) in [4.78, 5) is 24.2. The van der Waals surface area contributed by atoms with Gasteiger partial charge in [-0.15, -0.1) is 0 Å². The van der Waals surface area contributed by atoms with Crippen molar-refractivity contribution in [3.63, 3.8) is 0 Å². The second kappa shape index (κ2) is 10.7. The molecular weight excluding hydrogens is 466 g/mol. The Hall–Kier alpha value is -3.38. The van der Waals surface area contributed by atoms with Gasteiger partial charge in [0.05, 0.1) is 23.0 Å². The van der Waals surface area contributed by atoms with Crippen LogP contribution in [0.2, 0.25) is 0 Å². The molecule has 0 saturated carbocycles. The molecule has 1 heterocycles. The minimum absolute atomic E-state index is 0.0126. The fourth-order valence-corrected chi connectivity index (χ4v) is 4.88. The summed E-state index contributed by atoms with van der Waals surface area (Å²) in [6.45, 7) is 4.55. The van der Waals surface area contributed by atoms with Gasteiger partial charge in [0.15, 0.2) is 12.4 Å². The summed E-state index contributed by atoms with van der Waals surface area (Å²) in [6.07, 6.45) is -0.0126. The molecule has 0 bridgehead atoms. The smallest absolute Gasteiger partial charge is 0.343 e. The zero-order chi connectivity index (χ0) is 24.9. The number of nitro groups is 1. The molecule has 0 aromatic heterocycles. The molecule has 0 amide bonds. The highest BCUT2D eigenvalue weighted by Gasteiger charge is 2.29. The van der Waals surface area contributed by atoms with Gasteiger partial charge in [-0.1, -0.05) is 0 Å². The number of methoxy groups -OCH3 is 1. The number of hydrogen-bond acceptors (Lipinski definition) is 9. The van der Waals surface area contributed by atoms with E-state index in [2.05, 4.69) is 4.74 Å². The van der Waals surface area contributed by atoms with Crippen molar-refractivity contribution in [1.29, 1.82) is 0 Å². The average Bonchev–Trinajstić information content (AvgIpc) is 2.82. The van der Waals surface area contributed by atoms with Crippen LogP contribution in [0.1, 0.15) is 13.8 Å². The van der Waals surface area contributed by atoms with Gasteiger partial charge in [0.1, 0.15) is 5.75 Å². The highest BCUT2D eigenvalue weighted by Crippen LogP contribution is 2.32. The summed E-state index contributed by atoms with van der Waals surface area (Å²) in [5.74, 6) is -0.129. The van der Waals surface area contributed by atoms with Crippen LogP contribution >= 0.6 is 0 Å². The Morgan fingerprint density at radius 1 is 1.09 bits per heavy atom. The topological polar surface area (TPSA) is 129 Å². The fourth-order valence-electron chi connectivity index (χ4n) is 3.46. The molecule has 0 N–H and O–H groups in total. The van der Waals surface area contributed by atoms with Crippen molar-refractivity contribution >= 4 is 27.4 Å². The number of nitro benzene ring substituents is 1. The molecule has 2 aromatic rings. The first-order valence-corrected chi connectivity index (χ1v) is 12.1. The molecule has 1 aliphatic heterocycles. The fraction of sp³-hybridized carbons (Fsp3) is 0.409. The number of hydrogen-bond donors (Lipinski definition) is 0. The number of nitrogens with zero attached hydrogens (tertiary/aromatic N) is 3. The van der Waals surface area contributed by atoms with Gasteiger partial charge in [-0.2, -0.15) is 4.31 Å². The van der Waals surface area contributed by atoms with Gasteiger partial charge in [-0.3, -0.25) is 10.1 Å². The molecule has 0 aliphatic carbocycles. The average molecular weight is 494 g/mol. The van der Waals surface area contributed by atoms with E-state index in [-0.39, 0.29) is 35.5 Å². The van der Waals surface area contributed by atoms with Crippen LogP contribution in [0.15, 0.2) is 47.4 Å². The third-order valence-electron chi connectivity index (χ3n) is 5.15. The van der Waals surface area contributed by atoms with Crippen molar-refractivity contribution in [2.24, 2.45) is 0 Å². The van der Waals surface area contributed by atoms with Crippen LogP contribution in [0.3, 0.4) is 0 Å². The maximum Gasteiger partial charge on any atom is 0.343 e. The second-order valence-electron chi connectivity index (χ2n) is 7.80. The number of carbonyl (C=O) groups excluding carboxylic acids is 1. The molecule has 0 unspecified atom stereocenters. The van der Waals surface area contributed by atoms with Crippen molar-refractivity contribution in [2.45, 2.75) is 24.8 Å². The van der Waals surface area contributed by atoms with E-state index in [4.69, 9.17) is 9.47 Å². The van der Waals surface area contributed by atoms with Crippen molar-refractivity contribution in [2.75, 3.05) is 44.8 Å². The predicted molar refractivity (Wildman–Crippen MR) is 124 cm³/mol. The number of sulfonamides is 1. The lowest BCUT2D eigenvalue weighted by molar-refractivity contribution is -0.385. The minimum Gasteiger partial charge on any atom is -0.491 e. The zero-order valence-corrected chi connectivity index (χ0v) is 20.0. The molecule has 3 rings (SSSR count). The number of rotatable bonds is 9. The van der Waals surface area contributed by atoms with Gasteiger partial charge < -0.3 is 19.1 Å². The van der Waals surface area contributed by atoms with Crippen molar-refractivity contribution < 1.29 is 32.3 Å². The predicted octanol–water partition coefficient (Wildman–Crippen LogP) is 2.44. The van der Waals surface area contributed by atoms with Crippen molar-refractivity contribution in [3.05, 3.63) is 52.6 Å². The summed E-state index contributed by atoms with van der Waals surface area (Å²) in [6, 6.07) is 10.7. The summed E-state index contributed by atoms with van der Waals surface area (Å²) in [5, 5.41) is 11.3. The Balaban J connectivity index is 1.70. The summed E-state index contributed by atoms with van der Waals surface area (Å²) in [7, 11) is -2.48. The molecule has 0 atom stereocenters. The maximum atomic E-state index is 13.0. The van der Waals surface area contributed by atoms with Crippen LogP contribution in [0, 0.1) is 10.1 Å². The first-order valence-electron chi connectivity index (χ1n) is 10.6. The van der Waals surface area contributed by atoms with E-state index in [1.165, 1.54) is 35.7 Å². The highest BCUT2D eigenvalue weighted by molar-refractivity contribution is 7.89. The van der Waals surface area contributed by atoms with Gasteiger partial charge in [-0.25, -0.2) is 13.2 Å². The standard InChI is InChI=1S/C22H27N3O8S/c1-16(2)33-18-5-7-19(8-6-18)34(29,30)24-12-10-23(11-13-24)17-4-9-20(25(27)28)21(14-17)32-15-22(26)31-3/h4-9,14,16H,10-13,15H2,1-3H3. The Morgan fingerprint density at radius 3 is 2.29 bits per heavy atom. The van der Waals surface area contributed by atoms with E-state index < -0.39 is 27.5 Å². The van der Waals surface area contributed by atoms with Gasteiger partial charge in [0.25, 0.3) is 0 Å². The lowest BCUT2D eigenvalue weighted by Gasteiger charge is -2.35. The van der Waals surface area contributed by atoms with Crippen LogP contribution in [0.5, 0.6) is 11.5 Å². The molecule has 1 saturated heterocycles. The van der Waals surface area contributed by atoms with Crippen LogP contribution in [-0.2, 0) is 19.6 Å². The Bertz CT molecular complexity index is 1130. The molecule has 0 radical (unpaired) electrons. The minimum atomic E-state index is -3.67. The van der Waals surface area contributed by atoms with Crippen LogP contribution in [-0.4, -0.2) is 69.6 Å². The number of piperazine rings is 1. The zero-order valence-electron chi connectivity index (χ0n) is 19.2. The Labute approximate surface area is 198 Å². The second-order valence-corrected chi connectivity index (χ2v) is 9.74. The molecule has 0 spiro atoms. The van der Waals surface area contributed by atoms with Gasteiger partial charge >= 0.3 is 11.7 Å². The Morgan fingerprint density at radius 2 is 1.74 bits per heavy atom. The monoisotopic (exact) mass is 493 g/mol. The molecule has 12 heteroatoms.